The van der Waals surface area contributed by atoms with E-state index in [4.69, 9.17) is 0 Å². The van der Waals surface area contributed by atoms with Gasteiger partial charge in [-0.1, -0.05) is 24.3 Å². The van der Waals surface area contributed by atoms with Crippen LogP contribution in [0.3, 0.4) is 0 Å². The first kappa shape index (κ1) is 12.7. The van der Waals surface area contributed by atoms with Crippen molar-refractivity contribution in [2.75, 3.05) is 0 Å². The van der Waals surface area contributed by atoms with Crippen molar-refractivity contribution in [2.24, 2.45) is 0 Å². The third-order valence-corrected chi connectivity index (χ3v) is 3.27. The Balaban J connectivity index is 2.12. The highest BCUT2D eigenvalue weighted by Gasteiger charge is 2.15. The molecule has 1 aromatic heterocycles. The van der Waals surface area contributed by atoms with Crippen LogP contribution >= 0.6 is 0 Å². The van der Waals surface area contributed by atoms with Gasteiger partial charge in [-0.25, -0.2) is 8.78 Å². The zero-order valence-corrected chi connectivity index (χ0v) is 10.4. The molecule has 0 aliphatic carbocycles. The van der Waals surface area contributed by atoms with E-state index in [2.05, 4.69) is 4.98 Å². The molecular formula is C16H11F2NO. The molecule has 0 aliphatic heterocycles. The number of benzene rings is 2. The molecule has 100 valence electrons. The Hall–Kier alpha value is -2.33. The Morgan fingerprint density at radius 3 is 2.65 bits per heavy atom. The van der Waals surface area contributed by atoms with Gasteiger partial charge in [0.15, 0.2) is 11.6 Å². The van der Waals surface area contributed by atoms with Crippen molar-refractivity contribution in [3.05, 3.63) is 77.6 Å². The molecule has 1 N–H and O–H groups in total. The third kappa shape index (κ3) is 2.14. The zero-order chi connectivity index (χ0) is 14.1. The maximum Gasteiger partial charge on any atom is 0.159 e. The molecule has 2 nitrogen and oxygen atoms in total. The highest BCUT2D eigenvalue weighted by molar-refractivity contribution is 5.85. The van der Waals surface area contributed by atoms with E-state index < -0.39 is 17.7 Å². The molecule has 2 aromatic carbocycles. The molecule has 20 heavy (non-hydrogen) atoms. The van der Waals surface area contributed by atoms with E-state index in [0.29, 0.717) is 11.1 Å². The summed E-state index contributed by atoms with van der Waals surface area (Å²) >= 11 is 0. The summed E-state index contributed by atoms with van der Waals surface area (Å²) < 4.78 is 26.2. The summed E-state index contributed by atoms with van der Waals surface area (Å²) in [5, 5.41) is 12.1. The lowest BCUT2D eigenvalue weighted by atomic mass is 9.97. The smallest absolute Gasteiger partial charge is 0.159 e. The Bertz CT molecular complexity index is 768. The minimum Gasteiger partial charge on any atom is -0.384 e. The summed E-state index contributed by atoms with van der Waals surface area (Å²) in [7, 11) is 0. The van der Waals surface area contributed by atoms with E-state index in [9.17, 15) is 13.9 Å². The molecule has 0 bridgehead atoms. The van der Waals surface area contributed by atoms with E-state index in [1.165, 1.54) is 6.07 Å². The molecule has 0 radical (unpaired) electrons. The molecular weight excluding hydrogens is 260 g/mol. The van der Waals surface area contributed by atoms with Crippen LogP contribution in [-0.2, 0) is 0 Å². The number of aliphatic hydroxyl groups excluding tert-OH is 1. The molecule has 4 heteroatoms. The summed E-state index contributed by atoms with van der Waals surface area (Å²) in [6.07, 6.45) is 2.28. The van der Waals surface area contributed by atoms with Crippen LogP contribution in [0.25, 0.3) is 10.8 Å². The van der Waals surface area contributed by atoms with Gasteiger partial charge in [0.2, 0.25) is 0 Å². The Morgan fingerprint density at radius 2 is 1.85 bits per heavy atom. The number of nitrogens with zero attached hydrogens (tertiary/aromatic N) is 1. The van der Waals surface area contributed by atoms with E-state index >= 15 is 0 Å². The zero-order valence-electron chi connectivity index (χ0n) is 10.4. The summed E-state index contributed by atoms with van der Waals surface area (Å²) in [4.78, 5) is 4.04. The number of fused-ring (bicyclic) bond motifs is 1. The maximum absolute atomic E-state index is 13.3. The molecule has 1 unspecified atom stereocenters. The molecule has 0 amide bonds. The molecule has 0 saturated carbocycles. The van der Waals surface area contributed by atoms with Crippen LogP contribution < -0.4 is 0 Å². The van der Waals surface area contributed by atoms with Crippen LogP contribution in [0, 0.1) is 11.6 Å². The van der Waals surface area contributed by atoms with Gasteiger partial charge in [0.05, 0.1) is 0 Å². The molecule has 1 atom stereocenters. The van der Waals surface area contributed by atoms with Gasteiger partial charge in [-0.2, -0.15) is 0 Å². The fraction of sp³-hybridized carbons (Fsp3) is 0.0625. The summed E-state index contributed by atoms with van der Waals surface area (Å²) in [6, 6.07) is 10.7. The highest BCUT2D eigenvalue weighted by atomic mass is 19.2. The Kier molecular flexibility index (Phi) is 3.16. The van der Waals surface area contributed by atoms with Gasteiger partial charge in [0, 0.05) is 17.8 Å². The normalized spacial score (nSPS) is 12.6. The van der Waals surface area contributed by atoms with Crippen molar-refractivity contribution in [3.8, 4) is 0 Å². The monoisotopic (exact) mass is 271 g/mol. The van der Waals surface area contributed by atoms with E-state index in [1.807, 2.05) is 12.1 Å². The van der Waals surface area contributed by atoms with E-state index in [-0.39, 0.29) is 0 Å². The van der Waals surface area contributed by atoms with Gasteiger partial charge in [-0.05, 0) is 34.7 Å². The topological polar surface area (TPSA) is 33.1 Å². The Morgan fingerprint density at radius 1 is 1.00 bits per heavy atom. The number of aliphatic hydroxyl groups is 1. The predicted octanol–water partition coefficient (Wildman–Crippen LogP) is 3.59. The second-order valence-corrected chi connectivity index (χ2v) is 4.52. The number of hydrogen-bond donors (Lipinski definition) is 1. The standard InChI is InChI=1S/C16H11F2NO/c17-14-5-4-11(8-15(14)18)16(20)12-3-1-2-10-6-7-19-9-13(10)12/h1-9,16,20H. The molecule has 0 aliphatic rings. The van der Waals surface area contributed by atoms with Crippen molar-refractivity contribution in [3.63, 3.8) is 0 Å². The first-order chi connectivity index (χ1) is 9.66. The van der Waals surface area contributed by atoms with E-state index in [0.717, 1.165) is 22.9 Å². The van der Waals surface area contributed by atoms with Gasteiger partial charge >= 0.3 is 0 Å². The highest BCUT2D eigenvalue weighted by Crippen LogP contribution is 2.29. The second-order valence-electron chi connectivity index (χ2n) is 4.52. The van der Waals surface area contributed by atoms with Crippen LogP contribution in [0.15, 0.2) is 54.9 Å². The third-order valence-electron chi connectivity index (χ3n) is 3.27. The van der Waals surface area contributed by atoms with Gasteiger partial charge in [0.25, 0.3) is 0 Å². The van der Waals surface area contributed by atoms with Gasteiger partial charge < -0.3 is 5.11 Å². The summed E-state index contributed by atoms with van der Waals surface area (Å²) in [5.41, 5.74) is 0.918. The van der Waals surface area contributed by atoms with Crippen LogP contribution in [0.2, 0.25) is 0 Å². The lowest BCUT2D eigenvalue weighted by molar-refractivity contribution is 0.221. The molecule has 1 heterocycles. The van der Waals surface area contributed by atoms with Crippen molar-refractivity contribution in [1.29, 1.82) is 0 Å². The number of hydrogen-bond acceptors (Lipinski definition) is 2. The maximum atomic E-state index is 13.3. The molecule has 0 saturated heterocycles. The van der Waals surface area contributed by atoms with Gasteiger partial charge in [-0.3, -0.25) is 4.98 Å². The first-order valence-corrected chi connectivity index (χ1v) is 6.12. The molecule has 3 aromatic rings. The van der Waals surface area contributed by atoms with Crippen molar-refractivity contribution in [2.45, 2.75) is 6.10 Å². The molecule has 3 rings (SSSR count). The average Bonchev–Trinajstić information content (AvgIpc) is 2.49. The fourth-order valence-electron chi connectivity index (χ4n) is 2.24. The summed E-state index contributed by atoms with van der Waals surface area (Å²) in [6.45, 7) is 0. The molecule has 0 spiro atoms. The predicted molar refractivity (Wildman–Crippen MR) is 72.2 cm³/mol. The quantitative estimate of drug-likeness (QED) is 0.772. The lowest BCUT2D eigenvalue weighted by Gasteiger charge is -2.14. The minimum absolute atomic E-state index is 0.306. The van der Waals surface area contributed by atoms with Crippen LogP contribution in [0.1, 0.15) is 17.2 Å². The van der Waals surface area contributed by atoms with Crippen molar-refractivity contribution >= 4 is 10.8 Å². The van der Waals surface area contributed by atoms with E-state index in [1.54, 1.807) is 24.5 Å². The number of rotatable bonds is 2. The average molecular weight is 271 g/mol. The van der Waals surface area contributed by atoms with Gasteiger partial charge in [0.1, 0.15) is 6.10 Å². The van der Waals surface area contributed by atoms with Crippen LogP contribution in [-0.4, -0.2) is 10.1 Å². The SMILES string of the molecule is OC(c1ccc(F)c(F)c1)c1cccc2ccncc12. The van der Waals surface area contributed by atoms with Crippen molar-refractivity contribution in [1.82, 2.24) is 4.98 Å². The minimum atomic E-state index is -1.03. The van der Waals surface area contributed by atoms with Gasteiger partial charge in [-0.15, -0.1) is 0 Å². The number of halogens is 2. The number of aromatic nitrogens is 1. The fourth-order valence-corrected chi connectivity index (χ4v) is 2.24. The lowest BCUT2D eigenvalue weighted by Crippen LogP contribution is -2.02. The van der Waals surface area contributed by atoms with Crippen LogP contribution in [0.5, 0.6) is 0 Å². The van der Waals surface area contributed by atoms with Crippen LogP contribution in [0.4, 0.5) is 8.78 Å². The summed E-state index contributed by atoms with van der Waals surface area (Å²) in [5.74, 6) is -1.90. The largest absolute Gasteiger partial charge is 0.384 e. The first-order valence-electron chi connectivity index (χ1n) is 6.12. The van der Waals surface area contributed by atoms with Crippen molar-refractivity contribution < 1.29 is 13.9 Å². The Labute approximate surface area is 114 Å². The molecule has 0 fully saturated rings. The number of pyridine rings is 1. The second kappa shape index (κ2) is 4.98.